The molecule has 4 atom stereocenters. The van der Waals surface area contributed by atoms with E-state index in [0.29, 0.717) is 21.8 Å². The van der Waals surface area contributed by atoms with Gasteiger partial charge in [0.15, 0.2) is 0 Å². The van der Waals surface area contributed by atoms with Crippen molar-refractivity contribution < 1.29 is 30.9 Å². The SMILES string of the molecule is CC(C)(C)OC(=O)N1C[C@@H]2OS(=O)O[C@@H]2[C@@H](n2c3ccc(F)cc3c3cc(F)ccc32)C1. The van der Waals surface area contributed by atoms with Crippen molar-refractivity contribution in [2.45, 2.75) is 44.6 Å². The summed E-state index contributed by atoms with van der Waals surface area (Å²) in [7, 11) is 0. The maximum absolute atomic E-state index is 14.1. The standard InChI is InChI=1S/C22H22F2N2O5S/c1-22(2,3)29-21(27)25-10-18(20-19(11-25)30-32(28)31-20)26-16-6-4-12(23)8-14(16)15-9-13(24)5-7-17(15)26/h4-9,18-20H,10-11H2,1-3H3/t18-,19-,20+,32?/m0/s1. The van der Waals surface area contributed by atoms with E-state index in [0.717, 1.165) is 0 Å². The molecule has 2 aromatic carbocycles. The monoisotopic (exact) mass is 464 g/mol. The van der Waals surface area contributed by atoms with Gasteiger partial charge in [0.25, 0.3) is 0 Å². The first kappa shape index (κ1) is 21.3. The van der Waals surface area contributed by atoms with Crippen molar-refractivity contribution >= 4 is 39.3 Å². The van der Waals surface area contributed by atoms with Crippen LogP contribution in [0.1, 0.15) is 26.8 Å². The van der Waals surface area contributed by atoms with Gasteiger partial charge in [-0.2, -0.15) is 4.21 Å². The van der Waals surface area contributed by atoms with Gasteiger partial charge in [0, 0.05) is 28.4 Å². The molecule has 1 unspecified atom stereocenters. The zero-order chi connectivity index (χ0) is 22.8. The van der Waals surface area contributed by atoms with Crippen molar-refractivity contribution in [1.82, 2.24) is 9.47 Å². The van der Waals surface area contributed by atoms with Crippen LogP contribution in [-0.2, 0) is 24.5 Å². The van der Waals surface area contributed by atoms with Gasteiger partial charge in [-0.15, -0.1) is 0 Å². The van der Waals surface area contributed by atoms with Crippen molar-refractivity contribution in [2.75, 3.05) is 13.1 Å². The molecular weight excluding hydrogens is 442 g/mol. The predicted octanol–water partition coefficient (Wildman–Crippen LogP) is 4.23. The molecule has 3 aromatic rings. The Morgan fingerprint density at radius 1 is 1.03 bits per heavy atom. The summed E-state index contributed by atoms with van der Waals surface area (Å²) in [5, 5.41) is 1.07. The summed E-state index contributed by atoms with van der Waals surface area (Å²) in [6.45, 7) is 5.66. The van der Waals surface area contributed by atoms with Crippen LogP contribution in [0.25, 0.3) is 21.8 Å². The molecule has 0 bridgehead atoms. The van der Waals surface area contributed by atoms with Crippen molar-refractivity contribution in [3.8, 4) is 0 Å². The molecule has 0 N–H and O–H groups in total. The molecule has 1 aromatic heterocycles. The molecular formula is C22H22F2N2O5S. The lowest BCUT2D eigenvalue weighted by Crippen LogP contribution is -2.54. The van der Waals surface area contributed by atoms with Crippen LogP contribution in [0.5, 0.6) is 0 Å². The van der Waals surface area contributed by atoms with Crippen molar-refractivity contribution in [3.63, 3.8) is 0 Å². The Kier molecular flexibility index (Phi) is 4.99. The molecule has 1 amide bonds. The molecule has 0 aliphatic carbocycles. The van der Waals surface area contributed by atoms with E-state index in [1.54, 1.807) is 32.9 Å². The number of benzene rings is 2. The Labute approximate surface area is 185 Å². The fraction of sp³-hybridized carbons (Fsp3) is 0.409. The maximum Gasteiger partial charge on any atom is 0.410 e. The van der Waals surface area contributed by atoms with E-state index in [2.05, 4.69) is 0 Å². The van der Waals surface area contributed by atoms with Crippen LogP contribution >= 0.6 is 0 Å². The average Bonchev–Trinajstić information content (AvgIpc) is 3.22. The van der Waals surface area contributed by atoms with Gasteiger partial charge in [-0.05, 0) is 57.2 Å². The number of piperidine rings is 1. The first-order chi connectivity index (χ1) is 15.1. The molecule has 32 heavy (non-hydrogen) atoms. The zero-order valence-corrected chi connectivity index (χ0v) is 18.5. The Hall–Kier alpha value is -2.56. The second-order valence-electron chi connectivity index (χ2n) is 9.05. The minimum absolute atomic E-state index is 0.155. The molecule has 7 nitrogen and oxygen atoms in total. The summed E-state index contributed by atoms with van der Waals surface area (Å²) < 4.78 is 58.6. The van der Waals surface area contributed by atoms with Crippen LogP contribution in [0, 0.1) is 11.6 Å². The summed E-state index contributed by atoms with van der Waals surface area (Å²) in [6, 6.07) is 8.04. The highest BCUT2D eigenvalue weighted by Gasteiger charge is 2.49. The topological polar surface area (TPSA) is 70.0 Å². The van der Waals surface area contributed by atoms with Crippen LogP contribution in [0.2, 0.25) is 0 Å². The number of hydrogen-bond donors (Lipinski definition) is 0. The minimum Gasteiger partial charge on any atom is -0.444 e. The van der Waals surface area contributed by atoms with E-state index in [9.17, 15) is 17.8 Å². The second kappa shape index (κ2) is 7.50. The molecule has 2 saturated heterocycles. The van der Waals surface area contributed by atoms with E-state index in [4.69, 9.17) is 13.1 Å². The molecule has 2 fully saturated rings. The number of hydrogen-bond acceptors (Lipinski definition) is 5. The predicted molar refractivity (Wildman–Crippen MR) is 114 cm³/mol. The first-order valence-corrected chi connectivity index (χ1v) is 11.2. The van der Waals surface area contributed by atoms with E-state index < -0.39 is 52.9 Å². The van der Waals surface area contributed by atoms with Crippen molar-refractivity contribution in [1.29, 1.82) is 0 Å². The molecule has 10 heteroatoms. The number of halogens is 2. The average molecular weight is 464 g/mol. The Morgan fingerprint density at radius 3 is 2.19 bits per heavy atom. The number of rotatable bonds is 1. The Morgan fingerprint density at radius 2 is 1.62 bits per heavy atom. The smallest absolute Gasteiger partial charge is 0.410 e. The quantitative estimate of drug-likeness (QED) is 0.539. The molecule has 0 saturated carbocycles. The van der Waals surface area contributed by atoms with Gasteiger partial charge in [0.1, 0.15) is 29.4 Å². The third-order valence-electron chi connectivity index (χ3n) is 5.66. The Balaban J connectivity index is 1.66. The van der Waals surface area contributed by atoms with Crippen LogP contribution in [0.15, 0.2) is 36.4 Å². The molecule has 2 aliphatic heterocycles. The van der Waals surface area contributed by atoms with Crippen molar-refractivity contribution in [2.24, 2.45) is 0 Å². The summed E-state index contributed by atoms with van der Waals surface area (Å²) >= 11 is -1.96. The molecule has 2 aliphatic rings. The molecule has 5 rings (SSSR count). The fourth-order valence-corrected chi connectivity index (χ4v) is 5.31. The van der Waals surface area contributed by atoms with Gasteiger partial charge in [-0.25, -0.2) is 13.6 Å². The van der Waals surface area contributed by atoms with Crippen LogP contribution in [0.4, 0.5) is 13.6 Å². The summed E-state index contributed by atoms with van der Waals surface area (Å²) in [5.74, 6) is -0.890. The van der Waals surface area contributed by atoms with Gasteiger partial charge >= 0.3 is 17.5 Å². The number of fused-ring (bicyclic) bond motifs is 4. The van der Waals surface area contributed by atoms with Gasteiger partial charge in [-0.1, -0.05) is 0 Å². The fourth-order valence-electron chi connectivity index (χ4n) is 4.46. The summed E-state index contributed by atoms with van der Waals surface area (Å²) in [6.07, 6.45) is -1.79. The maximum atomic E-state index is 14.1. The van der Waals surface area contributed by atoms with Gasteiger partial charge in [-0.3, -0.25) is 8.37 Å². The zero-order valence-electron chi connectivity index (χ0n) is 17.7. The third kappa shape index (κ3) is 3.66. The number of carbonyl (C=O) groups is 1. The highest BCUT2D eigenvalue weighted by atomic mass is 32.2. The minimum atomic E-state index is -1.96. The first-order valence-electron chi connectivity index (χ1n) is 10.2. The number of likely N-dealkylation sites (tertiary alicyclic amines) is 1. The number of aromatic nitrogens is 1. The molecule has 0 spiro atoms. The van der Waals surface area contributed by atoms with Gasteiger partial charge in [0.2, 0.25) is 0 Å². The second-order valence-corrected chi connectivity index (χ2v) is 9.84. The van der Waals surface area contributed by atoms with Crippen molar-refractivity contribution in [3.05, 3.63) is 48.0 Å². The highest BCUT2D eigenvalue weighted by Crippen LogP contribution is 2.40. The number of ether oxygens (including phenoxy) is 1. The number of carbonyl (C=O) groups excluding carboxylic acids is 1. The van der Waals surface area contributed by atoms with Crippen LogP contribution in [0.3, 0.4) is 0 Å². The van der Waals surface area contributed by atoms with E-state index >= 15 is 0 Å². The third-order valence-corrected chi connectivity index (χ3v) is 6.44. The largest absolute Gasteiger partial charge is 0.444 e. The summed E-state index contributed by atoms with van der Waals surface area (Å²) in [4.78, 5) is 14.3. The number of nitrogens with zero attached hydrogens (tertiary/aromatic N) is 2. The van der Waals surface area contributed by atoms with E-state index in [1.807, 2.05) is 4.57 Å². The lowest BCUT2D eigenvalue weighted by atomic mass is 9.99. The van der Waals surface area contributed by atoms with Gasteiger partial charge in [0.05, 0.1) is 12.6 Å². The van der Waals surface area contributed by atoms with E-state index in [1.165, 1.54) is 29.2 Å². The lowest BCUT2D eigenvalue weighted by molar-refractivity contribution is -0.0162. The van der Waals surface area contributed by atoms with E-state index in [-0.39, 0.29) is 13.1 Å². The van der Waals surface area contributed by atoms with Crippen LogP contribution in [-0.4, -0.2) is 50.7 Å². The van der Waals surface area contributed by atoms with Crippen LogP contribution < -0.4 is 0 Å². The Bertz CT molecular complexity index is 1200. The molecule has 170 valence electrons. The molecule has 3 heterocycles. The molecule has 0 radical (unpaired) electrons. The number of amides is 1. The van der Waals surface area contributed by atoms with Gasteiger partial charge < -0.3 is 14.2 Å². The lowest BCUT2D eigenvalue weighted by Gasteiger charge is -2.39. The normalized spacial score (nSPS) is 26.0. The highest BCUT2D eigenvalue weighted by molar-refractivity contribution is 7.75. The summed E-state index contributed by atoms with van der Waals surface area (Å²) in [5.41, 5.74) is 0.590.